The van der Waals surface area contributed by atoms with Gasteiger partial charge in [0, 0.05) is 54.7 Å². The molecule has 1 heterocycles. The number of rotatable bonds is 2. The molecule has 0 saturated carbocycles. The van der Waals surface area contributed by atoms with E-state index in [0.29, 0.717) is 5.56 Å². The second-order valence-electron chi connectivity index (χ2n) is 5.15. The maximum atomic E-state index is 13.8. The third kappa shape index (κ3) is 5.69. The SMILES string of the molecule is CC.FC(F)(F)C1(c2cc(Cl)cc(Cl)c2)CC(c2ccccc2)=NO1.[CH3-].[Y]. The molecule has 1 aliphatic rings. The van der Waals surface area contributed by atoms with Gasteiger partial charge in [-0.15, -0.1) is 0 Å². The molecule has 0 N–H and O–H groups in total. The molecule has 1 aliphatic heterocycles. The van der Waals surface area contributed by atoms with E-state index in [2.05, 4.69) is 5.16 Å². The number of halogens is 5. The summed E-state index contributed by atoms with van der Waals surface area (Å²) in [6, 6.07) is 12.3. The van der Waals surface area contributed by atoms with Crippen LogP contribution in [0.15, 0.2) is 53.7 Å². The third-order valence-electron chi connectivity index (χ3n) is 3.62. The van der Waals surface area contributed by atoms with E-state index in [1.807, 2.05) is 13.8 Å². The zero-order valence-electron chi connectivity index (χ0n) is 15.1. The van der Waals surface area contributed by atoms with Gasteiger partial charge < -0.3 is 12.3 Å². The Morgan fingerprint density at radius 3 is 2.00 bits per heavy atom. The summed E-state index contributed by atoms with van der Waals surface area (Å²) in [5.41, 5.74) is -1.96. The number of hydrogen-bond acceptors (Lipinski definition) is 2. The van der Waals surface area contributed by atoms with Crippen LogP contribution in [0.5, 0.6) is 0 Å². The predicted molar refractivity (Wildman–Crippen MR) is 101 cm³/mol. The molecule has 8 heteroatoms. The molecule has 0 aliphatic carbocycles. The van der Waals surface area contributed by atoms with Gasteiger partial charge in [0.05, 0.1) is 5.71 Å². The van der Waals surface area contributed by atoms with Gasteiger partial charge in [-0.3, -0.25) is 0 Å². The maximum absolute atomic E-state index is 13.8. The standard InChI is InChI=1S/C16H10Cl2F3NO.C2H6.CH3.Y/c17-12-6-11(7-13(18)8-12)15(16(19,20)21)9-14(22-23-15)10-4-2-1-3-5-10;1-2;;/h1-8H,9H2;1-2H3;1H3;/q;;-1;. The molecular formula is C19H19Cl2F3NOY-. The number of alkyl halides is 3. The number of nitrogens with zero attached hydrogens (tertiary/aromatic N) is 1. The first-order chi connectivity index (χ1) is 11.8. The van der Waals surface area contributed by atoms with Gasteiger partial charge in [-0.25, -0.2) is 0 Å². The van der Waals surface area contributed by atoms with Crippen molar-refractivity contribution in [3.63, 3.8) is 0 Å². The molecular weight excluding hydrogens is 475 g/mol. The van der Waals surface area contributed by atoms with Crippen molar-refractivity contribution in [3.05, 3.63) is 77.1 Å². The van der Waals surface area contributed by atoms with Crippen molar-refractivity contribution in [1.82, 2.24) is 0 Å². The van der Waals surface area contributed by atoms with Crippen LogP contribution in [0.2, 0.25) is 10.0 Å². The summed E-state index contributed by atoms with van der Waals surface area (Å²) >= 11 is 11.7. The molecule has 1 atom stereocenters. The molecule has 0 bridgehead atoms. The Morgan fingerprint density at radius 1 is 1.00 bits per heavy atom. The van der Waals surface area contributed by atoms with Crippen molar-refractivity contribution in [2.75, 3.05) is 0 Å². The molecule has 0 aromatic heterocycles. The van der Waals surface area contributed by atoms with E-state index in [4.69, 9.17) is 28.0 Å². The van der Waals surface area contributed by atoms with Gasteiger partial charge >= 0.3 is 6.18 Å². The number of hydrogen-bond donors (Lipinski definition) is 0. The van der Waals surface area contributed by atoms with Crippen LogP contribution in [0.4, 0.5) is 13.2 Å². The first kappa shape index (κ1) is 26.4. The molecule has 3 rings (SSSR count). The molecule has 2 aromatic rings. The molecule has 2 nitrogen and oxygen atoms in total. The molecule has 0 fully saturated rings. The fourth-order valence-electron chi connectivity index (χ4n) is 2.48. The monoisotopic (exact) mass is 493 g/mol. The summed E-state index contributed by atoms with van der Waals surface area (Å²) in [5, 5.41) is 3.88. The predicted octanol–water partition coefficient (Wildman–Crippen LogP) is 7.05. The fraction of sp³-hybridized carbons (Fsp3) is 0.263. The molecule has 0 amide bonds. The van der Waals surface area contributed by atoms with Gasteiger partial charge in [-0.05, 0) is 23.8 Å². The molecule has 2 aromatic carbocycles. The average molecular weight is 494 g/mol. The zero-order valence-corrected chi connectivity index (χ0v) is 19.5. The first-order valence-electron chi connectivity index (χ1n) is 7.66. The van der Waals surface area contributed by atoms with E-state index in [1.165, 1.54) is 18.2 Å². The van der Waals surface area contributed by atoms with Crippen molar-refractivity contribution in [3.8, 4) is 0 Å². The molecule has 0 saturated heterocycles. The van der Waals surface area contributed by atoms with Crippen LogP contribution in [0, 0.1) is 7.43 Å². The maximum Gasteiger partial charge on any atom is 0.435 e. The topological polar surface area (TPSA) is 21.6 Å². The minimum atomic E-state index is -4.68. The molecule has 27 heavy (non-hydrogen) atoms. The molecule has 145 valence electrons. The van der Waals surface area contributed by atoms with E-state index < -0.39 is 18.2 Å². The van der Waals surface area contributed by atoms with Gasteiger partial charge in [0.25, 0.3) is 5.60 Å². The Hall–Kier alpha value is -0.616. The molecule has 1 radical (unpaired) electrons. The van der Waals surface area contributed by atoms with Crippen LogP contribution in [-0.4, -0.2) is 11.9 Å². The summed E-state index contributed by atoms with van der Waals surface area (Å²) in [5.74, 6) is 0. The van der Waals surface area contributed by atoms with Crippen LogP contribution in [0.1, 0.15) is 31.4 Å². The van der Waals surface area contributed by atoms with E-state index in [0.717, 1.165) is 0 Å². The van der Waals surface area contributed by atoms with Crippen LogP contribution in [0.25, 0.3) is 0 Å². The Labute approximate surface area is 192 Å². The van der Waals surface area contributed by atoms with Gasteiger partial charge in [-0.1, -0.05) is 72.5 Å². The summed E-state index contributed by atoms with van der Waals surface area (Å²) in [6.07, 6.45) is -5.13. The Kier molecular flexibility index (Phi) is 10.6. The summed E-state index contributed by atoms with van der Waals surface area (Å²) in [6.45, 7) is 4.00. The van der Waals surface area contributed by atoms with Gasteiger partial charge in [0.2, 0.25) is 0 Å². The summed E-state index contributed by atoms with van der Waals surface area (Å²) in [4.78, 5) is 4.91. The minimum absolute atomic E-state index is 0. The smallest absolute Gasteiger partial charge is 0.374 e. The second-order valence-corrected chi connectivity index (χ2v) is 6.03. The van der Waals surface area contributed by atoms with E-state index in [-0.39, 0.29) is 61.5 Å². The zero-order chi connectivity index (χ0) is 18.7. The van der Waals surface area contributed by atoms with E-state index in [1.54, 1.807) is 30.3 Å². The summed E-state index contributed by atoms with van der Waals surface area (Å²) in [7, 11) is 0. The molecule has 0 spiro atoms. The molecule has 1 unspecified atom stereocenters. The van der Waals surface area contributed by atoms with Crippen molar-refractivity contribution in [2.45, 2.75) is 32.0 Å². The van der Waals surface area contributed by atoms with E-state index in [9.17, 15) is 13.2 Å². The van der Waals surface area contributed by atoms with Crippen LogP contribution < -0.4 is 0 Å². The van der Waals surface area contributed by atoms with Gasteiger partial charge in [0.1, 0.15) is 0 Å². The van der Waals surface area contributed by atoms with Crippen molar-refractivity contribution < 1.29 is 50.7 Å². The van der Waals surface area contributed by atoms with Crippen molar-refractivity contribution >= 4 is 28.9 Å². The Bertz CT molecular complexity index is 749. The minimum Gasteiger partial charge on any atom is -0.374 e. The quantitative estimate of drug-likeness (QED) is 0.410. The summed E-state index contributed by atoms with van der Waals surface area (Å²) < 4.78 is 41.3. The van der Waals surface area contributed by atoms with Gasteiger partial charge in [0.15, 0.2) is 0 Å². The first-order valence-corrected chi connectivity index (χ1v) is 8.41. The van der Waals surface area contributed by atoms with Crippen molar-refractivity contribution in [1.29, 1.82) is 0 Å². The fourth-order valence-corrected chi connectivity index (χ4v) is 3.00. The largest absolute Gasteiger partial charge is 0.435 e. The van der Waals surface area contributed by atoms with Crippen LogP contribution in [0.3, 0.4) is 0 Å². The Morgan fingerprint density at radius 2 is 1.52 bits per heavy atom. The number of oxime groups is 1. The van der Waals surface area contributed by atoms with Crippen LogP contribution in [-0.2, 0) is 43.1 Å². The van der Waals surface area contributed by atoms with Crippen molar-refractivity contribution in [2.24, 2.45) is 5.16 Å². The van der Waals surface area contributed by atoms with Crippen LogP contribution >= 0.6 is 23.2 Å². The average Bonchev–Trinajstić information content (AvgIpc) is 3.03. The second kappa shape index (κ2) is 10.8. The Balaban J connectivity index is 0.00000164. The number of benzene rings is 2. The normalized spacial score (nSPS) is 18.1. The van der Waals surface area contributed by atoms with E-state index >= 15 is 0 Å². The van der Waals surface area contributed by atoms with Gasteiger partial charge in [-0.2, -0.15) is 13.2 Å². The third-order valence-corrected chi connectivity index (χ3v) is 4.06.